The van der Waals surface area contributed by atoms with Crippen LogP contribution in [0.2, 0.25) is 0 Å². The average Bonchev–Trinajstić information content (AvgIpc) is 2.68. The van der Waals surface area contributed by atoms with Crippen LogP contribution in [0, 0.1) is 6.92 Å². The Balaban J connectivity index is 1.79. The van der Waals surface area contributed by atoms with Gasteiger partial charge in [-0.2, -0.15) is 0 Å². The van der Waals surface area contributed by atoms with Crippen LogP contribution in [-0.4, -0.2) is 36.0 Å². The van der Waals surface area contributed by atoms with Crippen LogP contribution in [0.3, 0.4) is 0 Å². The molecule has 3 rings (SSSR count). The fourth-order valence-corrected chi connectivity index (χ4v) is 3.64. The number of carbonyl (C=O) groups excluding carboxylic acids is 1. The summed E-state index contributed by atoms with van der Waals surface area (Å²) in [5.41, 5.74) is 1.88. The van der Waals surface area contributed by atoms with Crippen molar-refractivity contribution in [3.63, 3.8) is 0 Å². The highest BCUT2D eigenvalue weighted by Crippen LogP contribution is 2.23. The molecule has 1 aromatic carbocycles. The first-order chi connectivity index (χ1) is 9.13. The average molecular weight is 323 g/mol. The van der Waals surface area contributed by atoms with E-state index in [9.17, 15) is 4.79 Å². The summed E-state index contributed by atoms with van der Waals surface area (Å²) in [6.45, 7) is 3.73. The number of amides is 1. The van der Waals surface area contributed by atoms with Gasteiger partial charge in [0.1, 0.15) is 0 Å². The number of hydrogen-bond donors (Lipinski definition) is 1. The van der Waals surface area contributed by atoms with Crippen LogP contribution in [0.15, 0.2) is 22.7 Å². The highest BCUT2D eigenvalue weighted by Gasteiger charge is 2.31. The molecule has 2 aliphatic heterocycles. The first kappa shape index (κ1) is 13.1. The Morgan fingerprint density at radius 3 is 2.89 bits per heavy atom. The second kappa shape index (κ2) is 5.25. The molecule has 0 radical (unpaired) electrons. The summed E-state index contributed by atoms with van der Waals surface area (Å²) < 4.78 is 1.03. The van der Waals surface area contributed by atoms with Gasteiger partial charge in [0, 0.05) is 35.2 Å². The van der Waals surface area contributed by atoms with Crippen molar-refractivity contribution in [1.82, 2.24) is 10.2 Å². The predicted octanol–water partition coefficient (Wildman–Crippen LogP) is 2.72. The molecule has 3 nitrogen and oxygen atoms in total. The van der Waals surface area contributed by atoms with Crippen molar-refractivity contribution in [2.45, 2.75) is 38.3 Å². The van der Waals surface area contributed by atoms with Gasteiger partial charge in [-0.25, -0.2) is 0 Å². The van der Waals surface area contributed by atoms with Gasteiger partial charge in [0.25, 0.3) is 5.91 Å². The van der Waals surface area contributed by atoms with Gasteiger partial charge in [-0.15, -0.1) is 0 Å². The molecule has 1 aromatic rings. The number of carbonyl (C=O) groups is 1. The Kier molecular flexibility index (Phi) is 3.63. The third-order valence-corrected chi connectivity index (χ3v) is 4.72. The van der Waals surface area contributed by atoms with Gasteiger partial charge >= 0.3 is 0 Å². The molecule has 0 spiro atoms. The van der Waals surface area contributed by atoms with Crippen molar-refractivity contribution < 1.29 is 4.79 Å². The number of halogens is 1. The second-order valence-electron chi connectivity index (χ2n) is 5.64. The van der Waals surface area contributed by atoms with E-state index in [0.717, 1.165) is 35.1 Å². The molecule has 0 aromatic heterocycles. The molecule has 2 fully saturated rings. The van der Waals surface area contributed by atoms with E-state index < -0.39 is 0 Å². The van der Waals surface area contributed by atoms with Crippen LogP contribution in [-0.2, 0) is 0 Å². The molecular weight excluding hydrogens is 304 g/mol. The molecule has 2 unspecified atom stereocenters. The van der Waals surface area contributed by atoms with Crippen molar-refractivity contribution in [2.24, 2.45) is 0 Å². The SMILES string of the molecule is Cc1cc(Br)ccc1C(=O)N1CCC2CCC(C1)N2. The molecule has 1 N–H and O–H groups in total. The number of benzene rings is 1. The van der Waals surface area contributed by atoms with Crippen molar-refractivity contribution in [1.29, 1.82) is 0 Å². The summed E-state index contributed by atoms with van der Waals surface area (Å²) in [5, 5.41) is 3.61. The van der Waals surface area contributed by atoms with Crippen LogP contribution in [0.4, 0.5) is 0 Å². The van der Waals surface area contributed by atoms with Gasteiger partial charge in [0.15, 0.2) is 0 Å². The minimum atomic E-state index is 0.180. The van der Waals surface area contributed by atoms with Crippen LogP contribution in [0.5, 0.6) is 0 Å². The molecule has 2 heterocycles. The largest absolute Gasteiger partial charge is 0.337 e. The van der Waals surface area contributed by atoms with Gasteiger partial charge in [0.05, 0.1) is 0 Å². The van der Waals surface area contributed by atoms with Crippen molar-refractivity contribution in [3.05, 3.63) is 33.8 Å². The fraction of sp³-hybridized carbons (Fsp3) is 0.533. The standard InChI is InChI=1S/C15H19BrN2O/c1-10-8-11(16)2-5-14(10)15(19)18-7-6-12-3-4-13(9-18)17-12/h2,5,8,12-13,17H,3-4,6-7,9H2,1H3. The molecule has 0 saturated carbocycles. The molecule has 2 atom stereocenters. The maximum absolute atomic E-state index is 12.6. The van der Waals surface area contributed by atoms with Gasteiger partial charge in [-0.1, -0.05) is 15.9 Å². The first-order valence-electron chi connectivity index (χ1n) is 6.95. The summed E-state index contributed by atoms with van der Waals surface area (Å²) in [6.07, 6.45) is 3.55. The molecule has 1 amide bonds. The Labute approximate surface area is 122 Å². The predicted molar refractivity (Wildman–Crippen MR) is 79.3 cm³/mol. The summed E-state index contributed by atoms with van der Waals surface area (Å²) in [7, 11) is 0. The number of fused-ring (bicyclic) bond motifs is 2. The van der Waals surface area contributed by atoms with Crippen LogP contribution in [0.25, 0.3) is 0 Å². The lowest BCUT2D eigenvalue weighted by atomic mass is 10.0. The van der Waals surface area contributed by atoms with Crippen LogP contribution < -0.4 is 5.32 Å². The zero-order chi connectivity index (χ0) is 13.4. The number of nitrogens with zero attached hydrogens (tertiary/aromatic N) is 1. The van der Waals surface area contributed by atoms with Crippen LogP contribution in [0.1, 0.15) is 35.2 Å². The summed E-state index contributed by atoms with van der Waals surface area (Å²) in [6, 6.07) is 7.00. The number of aryl methyl sites for hydroxylation is 1. The van der Waals surface area contributed by atoms with E-state index in [-0.39, 0.29) is 5.91 Å². The lowest BCUT2D eigenvalue weighted by Gasteiger charge is -2.25. The zero-order valence-electron chi connectivity index (χ0n) is 11.2. The molecule has 2 saturated heterocycles. The van der Waals surface area contributed by atoms with E-state index in [1.54, 1.807) is 0 Å². The minimum Gasteiger partial charge on any atom is -0.337 e. The normalized spacial score (nSPS) is 26.3. The van der Waals surface area contributed by atoms with E-state index >= 15 is 0 Å². The van der Waals surface area contributed by atoms with Crippen LogP contribution >= 0.6 is 15.9 Å². The summed E-state index contributed by atoms with van der Waals surface area (Å²) >= 11 is 3.45. The molecular formula is C15H19BrN2O. The number of likely N-dealkylation sites (tertiary alicyclic amines) is 1. The minimum absolute atomic E-state index is 0.180. The smallest absolute Gasteiger partial charge is 0.254 e. The first-order valence-corrected chi connectivity index (χ1v) is 7.74. The Morgan fingerprint density at radius 2 is 2.11 bits per heavy atom. The number of hydrogen-bond acceptors (Lipinski definition) is 2. The number of nitrogens with one attached hydrogen (secondary N) is 1. The Bertz CT molecular complexity index is 503. The molecule has 2 aliphatic rings. The fourth-order valence-electron chi connectivity index (χ4n) is 3.16. The molecule has 102 valence electrons. The maximum Gasteiger partial charge on any atom is 0.254 e. The van der Waals surface area contributed by atoms with Crippen molar-refractivity contribution in [3.8, 4) is 0 Å². The molecule has 19 heavy (non-hydrogen) atoms. The van der Waals surface area contributed by atoms with Gasteiger partial charge in [0.2, 0.25) is 0 Å². The lowest BCUT2D eigenvalue weighted by Crippen LogP contribution is -2.39. The summed E-state index contributed by atoms with van der Waals surface area (Å²) in [5.74, 6) is 0.180. The van der Waals surface area contributed by atoms with E-state index in [2.05, 4.69) is 21.2 Å². The maximum atomic E-state index is 12.6. The van der Waals surface area contributed by atoms with Gasteiger partial charge in [-0.05, 0) is 49.9 Å². The van der Waals surface area contributed by atoms with Gasteiger partial charge in [-0.3, -0.25) is 4.79 Å². The Hall–Kier alpha value is -0.870. The monoisotopic (exact) mass is 322 g/mol. The van der Waals surface area contributed by atoms with E-state index in [1.165, 1.54) is 12.8 Å². The summed E-state index contributed by atoms with van der Waals surface area (Å²) in [4.78, 5) is 14.7. The molecule has 4 heteroatoms. The van der Waals surface area contributed by atoms with Crippen molar-refractivity contribution in [2.75, 3.05) is 13.1 Å². The third kappa shape index (κ3) is 2.70. The molecule has 0 aliphatic carbocycles. The molecule has 2 bridgehead atoms. The third-order valence-electron chi connectivity index (χ3n) is 4.23. The van der Waals surface area contributed by atoms with E-state index in [1.807, 2.05) is 30.0 Å². The Morgan fingerprint density at radius 1 is 1.32 bits per heavy atom. The highest BCUT2D eigenvalue weighted by molar-refractivity contribution is 9.10. The van der Waals surface area contributed by atoms with Gasteiger partial charge < -0.3 is 10.2 Å². The van der Waals surface area contributed by atoms with E-state index in [4.69, 9.17) is 0 Å². The number of rotatable bonds is 1. The van der Waals surface area contributed by atoms with E-state index in [0.29, 0.717) is 12.1 Å². The quantitative estimate of drug-likeness (QED) is 0.862. The lowest BCUT2D eigenvalue weighted by molar-refractivity contribution is 0.0747. The van der Waals surface area contributed by atoms with Crippen molar-refractivity contribution >= 4 is 21.8 Å². The zero-order valence-corrected chi connectivity index (χ0v) is 12.7. The topological polar surface area (TPSA) is 32.3 Å². The highest BCUT2D eigenvalue weighted by atomic mass is 79.9. The second-order valence-corrected chi connectivity index (χ2v) is 6.55.